The summed E-state index contributed by atoms with van der Waals surface area (Å²) in [4.78, 5) is 31.0. The number of hydrogen-bond acceptors (Lipinski definition) is 6. The van der Waals surface area contributed by atoms with Crippen LogP contribution in [0.4, 0.5) is 8.78 Å². The summed E-state index contributed by atoms with van der Waals surface area (Å²) in [5.41, 5.74) is 11.3. The lowest BCUT2D eigenvalue weighted by Gasteiger charge is -2.29. The van der Waals surface area contributed by atoms with Gasteiger partial charge in [-0.2, -0.15) is 0 Å². The summed E-state index contributed by atoms with van der Waals surface area (Å²) in [6, 6.07) is 14.9. The van der Waals surface area contributed by atoms with Crippen LogP contribution in [0.15, 0.2) is 65.2 Å². The molecule has 0 radical (unpaired) electrons. The first-order chi connectivity index (χ1) is 22.4. The van der Waals surface area contributed by atoms with E-state index in [-0.39, 0.29) is 25.4 Å². The zero-order valence-corrected chi connectivity index (χ0v) is 27.7. The third kappa shape index (κ3) is 9.11. The highest BCUT2D eigenvalue weighted by atomic mass is 19.1. The zero-order chi connectivity index (χ0) is 34.2. The van der Waals surface area contributed by atoms with Crippen LogP contribution in [0.25, 0.3) is 11.1 Å². The number of aryl methyl sites for hydroxylation is 3. The van der Waals surface area contributed by atoms with E-state index < -0.39 is 29.7 Å². The molecular formula is C37H44F2N4O4. The van der Waals surface area contributed by atoms with E-state index in [2.05, 4.69) is 5.16 Å². The monoisotopic (exact) mass is 646 g/mol. The summed E-state index contributed by atoms with van der Waals surface area (Å²) in [6.45, 7) is 10.7. The first kappa shape index (κ1) is 35.4. The number of aromatic nitrogens is 1. The molecule has 0 aliphatic heterocycles. The first-order valence-electron chi connectivity index (χ1n) is 16.0. The number of aliphatic hydroxyl groups excluding tert-OH is 1. The number of amides is 2. The van der Waals surface area contributed by atoms with E-state index in [1.807, 2.05) is 58.9 Å². The molecule has 8 nitrogen and oxygen atoms in total. The van der Waals surface area contributed by atoms with Crippen molar-refractivity contribution in [2.75, 3.05) is 19.6 Å². The van der Waals surface area contributed by atoms with Crippen molar-refractivity contribution in [1.29, 1.82) is 0 Å². The maximum Gasteiger partial charge on any atom is 0.254 e. The Labute approximate surface area is 275 Å². The van der Waals surface area contributed by atoms with Gasteiger partial charge in [0.2, 0.25) is 0 Å². The van der Waals surface area contributed by atoms with E-state index in [4.69, 9.17) is 10.3 Å². The molecule has 2 amide bonds. The van der Waals surface area contributed by atoms with Gasteiger partial charge >= 0.3 is 0 Å². The predicted octanol–water partition coefficient (Wildman–Crippen LogP) is 6.38. The van der Waals surface area contributed by atoms with Gasteiger partial charge < -0.3 is 25.2 Å². The number of rotatable bonds is 14. The van der Waals surface area contributed by atoms with Crippen LogP contribution in [-0.4, -0.2) is 63.7 Å². The summed E-state index contributed by atoms with van der Waals surface area (Å²) < 4.78 is 33.0. The molecule has 0 spiro atoms. The molecule has 1 aromatic heterocycles. The Morgan fingerprint density at radius 2 is 1.49 bits per heavy atom. The minimum Gasteiger partial charge on any atom is -0.390 e. The molecule has 2 atom stereocenters. The Morgan fingerprint density at radius 1 is 0.872 bits per heavy atom. The maximum absolute atomic E-state index is 14.3. The van der Waals surface area contributed by atoms with E-state index >= 15 is 0 Å². The lowest BCUT2D eigenvalue weighted by atomic mass is 9.99. The van der Waals surface area contributed by atoms with Crippen LogP contribution >= 0.6 is 0 Å². The Hall–Kier alpha value is -4.41. The number of benzene rings is 3. The highest BCUT2D eigenvalue weighted by Gasteiger charge is 2.26. The summed E-state index contributed by atoms with van der Waals surface area (Å²) in [5.74, 6) is -1.35. The molecule has 0 bridgehead atoms. The molecule has 0 aliphatic carbocycles. The smallest absolute Gasteiger partial charge is 0.254 e. The minimum atomic E-state index is -1.23. The Kier molecular flexibility index (Phi) is 12.0. The summed E-state index contributed by atoms with van der Waals surface area (Å²) in [5, 5.41) is 15.3. The standard InChI is InChI=1S/C37H44F2N4O4/c1-6-11-42(12-7-2)36(45)29-13-23(3)14-30(19-29)37(46)43(22-34(44)33(40)18-27-16-31(38)20-32(39)17-27)21-26-9-8-10-28(15-26)35-24(4)41-47-25(35)5/h8-10,13-17,19-20,33-34,44H,6-7,11-12,18,21-22,40H2,1-5H3/t33-,34+/m0/s1. The van der Waals surface area contributed by atoms with Gasteiger partial charge in [-0.05, 0) is 98.7 Å². The predicted molar refractivity (Wildman–Crippen MR) is 178 cm³/mol. The largest absolute Gasteiger partial charge is 0.390 e. The third-order valence-electron chi connectivity index (χ3n) is 8.05. The number of hydrogen-bond donors (Lipinski definition) is 2. The topological polar surface area (TPSA) is 113 Å². The molecule has 4 rings (SSSR count). The molecular weight excluding hydrogens is 602 g/mol. The number of nitrogens with zero attached hydrogens (tertiary/aromatic N) is 3. The Morgan fingerprint density at radius 3 is 2.06 bits per heavy atom. The normalized spacial score (nSPS) is 12.5. The first-order valence-corrected chi connectivity index (χ1v) is 16.0. The second-order valence-corrected chi connectivity index (χ2v) is 12.2. The van der Waals surface area contributed by atoms with Crippen molar-refractivity contribution >= 4 is 11.8 Å². The molecule has 4 aromatic rings. The molecule has 0 fully saturated rings. The summed E-state index contributed by atoms with van der Waals surface area (Å²) in [7, 11) is 0. The van der Waals surface area contributed by atoms with Crippen molar-refractivity contribution in [3.05, 3.63) is 112 Å². The van der Waals surface area contributed by atoms with E-state index in [0.29, 0.717) is 35.5 Å². The molecule has 3 aromatic carbocycles. The number of carbonyl (C=O) groups excluding carboxylic acids is 2. The molecule has 1 heterocycles. The average molecular weight is 647 g/mol. The fourth-order valence-corrected chi connectivity index (χ4v) is 5.91. The lowest BCUT2D eigenvalue weighted by molar-refractivity contribution is 0.0554. The van der Waals surface area contributed by atoms with Crippen molar-refractivity contribution in [2.24, 2.45) is 5.73 Å². The fraction of sp³-hybridized carbons (Fsp3) is 0.378. The van der Waals surface area contributed by atoms with Crippen LogP contribution in [0, 0.1) is 32.4 Å². The highest BCUT2D eigenvalue weighted by molar-refractivity contribution is 6.00. The van der Waals surface area contributed by atoms with E-state index in [0.717, 1.165) is 46.9 Å². The number of carbonyl (C=O) groups is 2. The molecule has 47 heavy (non-hydrogen) atoms. The molecule has 0 saturated heterocycles. The van der Waals surface area contributed by atoms with E-state index in [9.17, 15) is 23.5 Å². The van der Waals surface area contributed by atoms with Gasteiger partial charge in [-0.25, -0.2) is 8.78 Å². The average Bonchev–Trinajstić information content (AvgIpc) is 3.36. The van der Waals surface area contributed by atoms with Crippen molar-refractivity contribution < 1.29 is 28.0 Å². The molecule has 0 saturated carbocycles. The van der Waals surface area contributed by atoms with Crippen LogP contribution in [-0.2, 0) is 13.0 Å². The van der Waals surface area contributed by atoms with Crippen molar-refractivity contribution in [3.8, 4) is 11.1 Å². The Balaban J connectivity index is 1.67. The third-order valence-corrected chi connectivity index (χ3v) is 8.05. The minimum absolute atomic E-state index is 0.00675. The SMILES string of the molecule is CCCN(CCC)C(=O)c1cc(C)cc(C(=O)N(Cc2cccc(-c3c(C)noc3C)c2)C[C@@H](O)[C@@H](N)Cc2cc(F)cc(F)c2)c1. The zero-order valence-electron chi connectivity index (χ0n) is 27.7. The molecule has 250 valence electrons. The van der Waals surface area contributed by atoms with Crippen molar-refractivity contribution in [2.45, 2.75) is 72.6 Å². The van der Waals surface area contributed by atoms with Crippen LogP contribution < -0.4 is 5.73 Å². The van der Waals surface area contributed by atoms with Crippen LogP contribution in [0.5, 0.6) is 0 Å². The molecule has 0 unspecified atom stereocenters. The summed E-state index contributed by atoms with van der Waals surface area (Å²) >= 11 is 0. The molecule has 0 aliphatic rings. The summed E-state index contributed by atoms with van der Waals surface area (Å²) in [6.07, 6.45) is 0.383. The number of nitrogens with two attached hydrogens (primary N) is 1. The highest BCUT2D eigenvalue weighted by Crippen LogP contribution is 2.28. The van der Waals surface area contributed by atoms with Crippen LogP contribution in [0.3, 0.4) is 0 Å². The van der Waals surface area contributed by atoms with Gasteiger partial charge in [-0.15, -0.1) is 0 Å². The number of halogens is 2. The van der Waals surface area contributed by atoms with Crippen LogP contribution in [0.1, 0.15) is 75.5 Å². The second-order valence-electron chi connectivity index (χ2n) is 12.2. The van der Waals surface area contributed by atoms with Gasteiger partial charge in [-0.3, -0.25) is 9.59 Å². The van der Waals surface area contributed by atoms with Crippen molar-refractivity contribution in [3.63, 3.8) is 0 Å². The fourth-order valence-electron chi connectivity index (χ4n) is 5.91. The van der Waals surface area contributed by atoms with Gasteiger partial charge in [-0.1, -0.05) is 37.2 Å². The van der Waals surface area contributed by atoms with Gasteiger partial charge in [0.05, 0.1) is 11.8 Å². The van der Waals surface area contributed by atoms with E-state index in [1.165, 1.54) is 17.0 Å². The van der Waals surface area contributed by atoms with Gasteiger partial charge in [0.1, 0.15) is 17.4 Å². The molecule has 10 heteroatoms. The Bertz CT molecular complexity index is 1660. The lowest BCUT2D eigenvalue weighted by Crippen LogP contribution is -2.46. The van der Waals surface area contributed by atoms with Crippen LogP contribution in [0.2, 0.25) is 0 Å². The molecule has 3 N–H and O–H groups in total. The van der Waals surface area contributed by atoms with Gasteiger partial charge in [0, 0.05) is 55.0 Å². The van der Waals surface area contributed by atoms with E-state index in [1.54, 1.807) is 23.1 Å². The quantitative estimate of drug-likeness (QED) is 0.164. The number of aliphatic hydroxyl groups is 1. The maximum atomic E-state index is 14.3. The van der Waals surface area contributed by atoms with Gasteiger partial charge in [0.15, 0.2) is 0 Å². The van der Waals surface area contributed by atoms with Crippen molar-refractivity contribution in [1.82, 2.24) is 15.0 Å². The van der Waals surface area contributed by atoms with Gasteiger partial charge in [0.25, 0.3) is 11.8 Å². The second kappa shape index (κ2) is 15.9.